The zero-order valence-corrected chi connectivity index (χ0v) is 9.54. The zero-order valence-electron chi connectivity index (χ0n) is 8.73. The fourth-order valence-corrected chi connectivity index (χ4v) is 2.72. The van der Waals surface area contributed by atoms with Crippen LogP contribution in [0.3, 0.4) is 0 Å². The second-order valence-electron chi connectivity index (χ2n) is 3.60. The first-order chi connectivity index (χ1) is 7.72. The number of pyridine rings is 1. The maximum Gasteiger partial charge on any atom is 0.171 e. The van der Waals surface area contributed by atoms with Gasteiger partial charge in [-0.2, -0.15) is 0 Å². The molecule has 1 N–H and O–H groups in total. The minimum Gasteiger partial charge on any atom is -0.392 e. The van der Waals surface area contributed by atoms with E-state index in [-0.39, 0.29) is 18.0 Å². The number of aromatic nitrogens is 1. The molecule has 0 aromatic carbocycles. The van der Waals surface area contributed by atoms with Crippen molar-refractivity contribution in [3.8, 4) is 0 Å². The number of rotatable bonds is 2. The van der Waals surface area contributed by atoms with Crippen molar-refractivity contribution in [3.05, 3.63) is 23.6 Å². The third-order valence-electron chi connectivity index (χ3n) is 2.60. The van der Waals surface area contributed by atoms with Crippen LogP contribution in [0.1, 0.15) is 5.56 Å². The molecule has 0 amide bonds. The molecule has 1 saturated heterocycles. The lowest BCUT2D eigenvalue weighted by Crippen LogP contribution is -2.38. The lowest BCUT2D eigenvalue weighted by atomic mass is 10.2. The largest absolute Gasteiger partial charge is 0.392 e. The Morgan fingerprint density at radius 3 is 2.81 bits per heavy atom. The number of hydrogen-bond donors (Lipinski definition) is 1. The average Bonchev–Trinajstić information content (AvgIpc) is 2.31. The van der Waals surface area contributed by atoms with Crippen LogP contribution in [0, 0.1) is 5.82 Å². The first kappa shape index (κ1) is 11.5. The molecule has 2 rings (SSSR count). The molecule has 1 fully saturated rings. The van der Waals surface area contributed by atoms with Gasteiger partial charge in [0.2, 0.25) is 0 Å². The molecule has 1 aromatic heterocycles. The Kier molecular flexibility index (Phi) is 3.50. The number of aliphatic hydroxyl groups excluding tert-OH is 1. The third-order valence-corrected chi connectivity index (χ3v) is 3.87. The third kappa shape index (κ3) is 2.22. The first-order valence-electron chi connectivity index (χ1n) is 5.06. The predicted molar refractivity (Wildman–Crippen MR) is 60.2 cm³/mol. The van der Waals surface area contributed by atoms with Crippen molar-refractivity contribution < 1.29 is 13.7 Å². The molecule has 6 heteroatoms. The summed E-state index contributed by atoms with van der Waals surface area (Å²) in [4.78, 5) is 5.75. The Balaban J connectivity index is 2.23. The Morgan fingerprint density at radius 1 is 1.50 bits per heavy atom. The van der Waals surface area contributed by atoms with E-state index in [1.807, 2.05) is 0 Å². The summed E-state index contributed by atoms with van der Waals surface area (Å²) in [6.45, 7) is 0.762. The predicted octanol–water partition coefficient (Wildman–Crippen LogP) is 0.282. The highest BCUT2D eigenvalue weighted by Crippen LogP contribution is 2.20. The molecule has 0 radical (unpaired) electrons. The van der Waals surface area contributed by atoms with Crippen LogP contribution in [0.2, 0.25) is 0 Å². The Morgan fingerprint density at radius 2 is 2.19 bits per heavy atom. The number of halogens is 1. The summed E-state index contributed by atoms with van der Waals surface area (Å²) in [5, 5.41) is 8.95. The highest BCUT2D eigenvalue weighted by Gasteiger charge is 2.20. The van der Waals surface area contributed by atoms with Gasteiger partial charge in [0.05, 0.1) is 6.61 Å². The Hall–Kier alpha value is -1.01. The van der Waals surface area contributed by atoms with Gasteiger partial charge >= 0.3 is 0 Å². The lowest BCUT2D eigenvalue weighted by molar-refractivity contribution is 0.275. The standard InChI is InChI=1S/C10H13FN2O2S/c11-9-8(7-14)1-2-12-10(9)13-3-5-16(15)6-4-13/h1-2,14H,3-7H2. The number of nitrogens with zero attached hydrogens (tertiary/aromatic N) is 2. The van der Waals surface area contributed by atoms with E-state index in [4.69, 9.17) is 5.11 Å². The summed E-state index contributed by atoms with van der Waals surface area (Å²) in [7, 11) is -0.790. The fraction of sp³-hybridized carbons (Fsp3) is 0.500. The van der Waals surface area contributed by atoms with Gasteiger partial charge in [-0.15, -0.1) is 0 Å². The van der Waals surface area contributed by atoms with Crippen LogP contribution in [0.25, 0.3) is 0 Å². The molecule has 2 heterocycles. The van der Waals surface area contributed by atoms with Crippen molar-refractivity contribution in [3.63, 3.8) is 0 Å². The van der Waals surface area contributed by atoms with Gasteiger partial charge in [-0.3, -0.25) is 4.21 Å². The highest BCUT2D eigenvalue weighted by molar-refractivity contribution is 7.85. The molecule has 1 aliphatic rings. The van der Waals surface area contributed by atoms with Crippen molar-refractivity contribution in [1.82, 2.24) is 4.98 Å². The summed E-state index contributed by atoms with van der Waals surface area (Å²) in [6.07, 6.45) is 1.48. The quantitative estimate of drug-likeness (QED) is 0.812. The second-order valence-corrected chi connectivity index (χ2v) is 5.30. The number of anilines is 1. The summed E-state index contributed by atoms with van der Waals surface area (Å²) in [5.41, 5.74) is 0.247. The van der Waals surface area contributed by atoms with E-state index >= 15 is 0 Å². The van der Waals surface area contributed by atoms with Crippen molar-refractivity contribution in [1.29, 1.82) is 0 Å². The fourth-order valence-electron chi connectivity index (χ4n) is 1.66. The van der Waals surface area contributed by atoms with Crippen LogP contribution in [0.15, 0.2) is 12.3 Å². The van der Waals surface area contributed by atoms with Crippen molar-refractivity contribution >= 4 is 16.6 Å². The van der Waals surface area contributed by atoms with Crippen LogP contribution in [-0.4, -0.2) is 38.9 Å². The summed E-state index contributed by atoms with van der Waals surface area (Å²) < 4.78 is 25.0. The number of hydrogen-bond acceptors (Lipinski definition) is 4. The summed E-state index contributed by atoms with van der Waals surface area (Å²) >= 11 is 0. The van der Waals surface area contributed by atoms with E-state index in [9.17, 15) is 8.60 Å². The zero-order chi connectivity index (χ0) is 11.5. The lowest BCUT2D eigenvalue weighted by Gasteiger charge is -2.27. The van der Waals surface area contributed by atoms with Crippen LogP contribution in [-0.2, 0) is 17.4 Å². The molecule has 1 aliphatic heterocycles. The first-order valence-corrected chi connectivity index (χ1v) is 6.55. The van der Waals surface area contributed by atoms with Gasteiger partial charge < -0.3 is 10.0 Å². The summed E-state index contributed by atoms with van der Waals surface area (Å²) in [5.74, 6) is 0.871. The highest BCUT2D eigenvalue weighted by atomic mass is 32.2. The molecule has 0 bridgehead atoms. The smallest absolute Gasteiger partial charge is 0.171 e. The van der Waals surface area contributed by atoms with Gasteiger partial charge in [0.15, 0.2) is 11.6 Å². The normalized spacial score (nSPS) is 17.8. The van der Waals surface area contributed by atoms with E-state index in [1.165, 1.54) is 12.3 Å². The second kappa shape index (κ2) is 4.88. The molecule has 0 saturated carbocycles. The molecule has 4 nitrogen and oxygen atoms in total. The number of aliphatic hydroxyl groups is 1. The minimum atomic E-state index is -0.790. The van der Waals surface area contributed by atoms with E-state index < -0.39 is 16.6 Å². The average molecular weight is 244 g/mol. The van der Waals surface area contributed by atoms with E-state index in [0.29, 0.717) is 24.6 Å². The van der Waals surface area contributed by atoms with Gasteiger partial charge in [0.25, 0.3) is 0 Å². The molecule has 0 aliphatic carbocycles. The van der Waals surface area contributed by atoms with Gasteiger partial charge in [-0.1, -0.05) is 0 Å². The Labute approximate surface area is 95.6 Å². The Bertz CT molecular complexity index is 404. The SMILES string of the molecule is O=S1CCN(c2nccc(CO)c2F)CC1. The van der Waals surface area contributed by atoms with E-state index in [1.54, 1.807) is 4.90 Å². The minimum absolute atomic E-state index is 0.247. The maximum atomic E-state index is 13.8. The molecule has 88 valence electrons. The van der Waals surface area contributed by atoms with Crippen molar-refractivity contribution in [2.24, 2.45) is 0 Å². The van der Waals surface area contributed by atoms with Gasteiger partial charge in [-0.05, 0) is 6.07 Å². The van der Waals surface area contributed by atoms with Crippen molar-refractivity contribution in [2.75, 3.05) is 29.5 Å². The van der Waals surface area contributed by atoms with Crippen LogP contribution in [0.4, 0.5) is 10.2 Å². The molecule has 0 spiro atoms. The van der Waals surface area contributed by atoms with Crippen LogP contribution in [0.5, 0.6) is 0 Å². The topological polar surface area (TPSA) is 53.4 Å². The monoisotopic (exact) mass is 244 g/mol. The van der Waals surface area contributed by atoms with Gasteiger partial charge in [0, 0.05) is 47.2 Å². The molecular formula is C10H13FN2O2S. The molecule has 1 aromatic rings. The molecular weight excluding hydrogens is 231 g/mol. The molecule has 16 heavy (non-hydrogen) atoms. The van der Waals surface area contributed by atoms with Crippen LogP contribution >= 0.6 is 0 Å². The van der Waals surface area contributed by atoms with E-state index in [2.05, 4.69) is 4.98 Å². The molecule has 0 atom stereocenters. The van der Waals surface area contributed by atoms with Gasteiger partial charge in [0.1, 0.15) is 0 Å². The van der Waals surface area contributed by atoms with E-state index in [0.717, 1.165) is 0 Å². The maximum absolute atomic E-state index is 13.8. The van der Waals surface area contributed by atoms with Crippen molar-refractivity contribution in [2.45, 2.75) is 6.61 Å². The van der Waals surface area contributed by atoms with Gasteiger partial charge in [-0.25, -0.2) is 9.37 Å². The summed E-state index contributed by atoms with van der Waals surface area (Å²) in [6, 6.07) is 1.46. The van der Waals surface area contributed by atoms with Crippen LogP contribution < -0.4 is 4.90 Å². The molecule has 0 unspecified atom stereocenters.